The molecule has 98 valence electrons. The van der Waals surface area contributed by atoms with Crippen molar-refractivity contribution in [3.8, 4) is 0 Å². The van der Waals surface area contributed by atoms with Gasteiger partial charge in [0.15, 0.2) is 8.96 Å². The minimum Gasteiger partial charge on any atom is -0.310 e. The van der Waals surface area contributed by atoms with E-state index >= 15 is 0 Å². The van der Waals surface area contributed by atoms with Gasteiger partial charge in [-0.05, 0) is 36.7 Å². The number of rotatable bonds is 1. The zero-order valence-electron chi connectivity index (χ0n) is 11.9. The average Bonchev–Trinajstić information content (AvgIpc) is 2.79. The van der Waals surface area contributed by atoms with Crippen molar-refractivity contribution < 1.29 is 0 Å². The molecule has 0 aromatic heterocycles. The summed E-state index contributed by atoms with van der Waals surface area (Å²) in [7, 11) is -1.24. The summed E-state index contributed by atoms with van der Waals surface area (Å²) in [6.45, 7) is 8.11. The lowest BCUT2D eigenvalue weighted by atomic mass is 10.1. The van der Waals surface area contributed by atoms with Crippen LogP contribution in [0.4, 0.5) is 0 Å². The van der Waals surface area contributed by atoms with Crippen molar-refractivity contribution in [3.05, 3.63) is 60.2 Å². The number of hydrogen-bond acceptors (Lipinski definition) is 1. The van der Waals surface area contributed by atoms with Crippen LogP contribution in [-0.2, 0) is 6.54 Å². The highest BCUT2D eigenvalue weighted by Crippen LogP contribution is 2.24. The van der Waals surface area contributed by atoms with Crippen LogP contribution in [-0.4, -0.2) is 19.1 Å². The normalized spacial score (nSPS) is 19.4. The lowest BCUT2D eigenvalue weighted by Gasteiger charge is -2.37. The van der Waals surface area contributed by atoms with E-state index < -0.39 is 8.96 Å². The van der Waals surface area contributed by atoms with Gasteiger partial charge in [0.2, 0.25) is 0 Å². The van der Waals surface area contributed by atoms with Crippen molar-refractivity contribution in [1.82, 2.24) is 4.57 Å². The molecule has 3 rings (SSSR count). The molecule has 0 bridgehead atoms. The first-order valence-corrected chi connectivity index (χ1v) is 8.64. The number of benzene rings is 2. The quantitative estimate of drug-likeness (QED) is 0.716. The van der Waals surface area contributed by atoms with Gasteiger partial charge in [-0.1, -0.05) is 54.6 Å². The lowest BCUT2D eigenvalue weighted by molar-refractivity contribution is 0.252. The van der Waals surface area contributed by atoms with Gasteiger partial charge in [0.1, 0.15) is 0 Å². The van der Waals surface area contributed by atoms with Crippen molar-refractivity contribution in [1.29, 1.82) is 0 Å². The van der Waals surface area contributed by atoms with E-state index in [1.165, 1.54) is 10.8 Å². The number of nitrogens with zero attached hydrogens (tertiary/aromatic N) is 1. The first-order valence-electron chi connectivity index (χ1n) is 6.97. The fourth-order valence-electron chi connectivity index (χ4n) is 3.01. The molecular formula is C17H21NSi. The predicted octanol–water partition coefficient (Wildman–Crippen LogP) is 2.14. The summed E-state index contributed by atoms with van der Waals surface area (Å²) < 4.78 is 2.73. The summed E-state index contributed by atoms with van der Waals surface area (Å²) >= 11 is 0. The maximum atomic E-state index is 2.73. The van der Waals surface area contributed by atoms with Crippen LogP contribution < -0.4 is 10.4 Å². The average molecular weight is 267 g/mol. The highest BCUT2D eigenvalue weighted by atomic mass is 28.3. The zero-order valence-corrected chi connectivity index (χ0v) is 13.1. The molecule has 0 aliphatic carbocycles. The smallest absolute Gasteiger partial charge is 0.176 e. The second-order valence-corrected chi connectivity index (χ2v) is 9.03. The fourth-order valence-corrected chi connectivity index (χ4v) is 6.63. The van der Waals surface area contributed by atoms with Gasteiger partial charge in [-0.3, -0.25) is 0 Å². The van der Waals surface area contributed by atoms with Gasteiger partial charge >= 0.3 is 0 Å². The van der Waals surface area contributed by atoms with Crippen LogP contribution in [0.3, 0.4) is 0 Å². The standard InChI is InChI=1S/C17H21NSi/c1-17(2,3)18-13-14-9-7-8-12-16(14)19(18)15-10-5-4-6-11-15/h4-12,19H,13H2,1-3H3. The Balaban J connectivity index is 2.11. The third-order valence-corrected chi connectivity index (χ3v) is 7.73. The maximum Gasteiger partial charge on any atom is 0.176 e. The highest BCUT2D eigenvalue weighted by Gasteiger charge is 2.38. The molecule has 2 aromatic carbocycles. The van der Waals surface area contributed by atoms with Gasteiger partial charge in [0.05, 0.1) is 0 Å². The van der Waals surface area contributed by atoms with E-state index in [4.69, 9.17) is 0 Å². The molecule has 1 aliphatic rings. The van der Waals surface area contributed by atoms with Crippen LogP contribution in [0.1, 0.15) is 26.3 Å². The van der Waals surface area contributed by atoms with Crippen LogP contribution in [0.2, 0.25) is 0 Å². The Morgan fingerprint density at radius 2 is 1.53 bits per heavy atom. The molecule has 1 nitrogen and oxygen atoms in total. The fraction of sp³-hybridized carbons (Fsp3) is 0.294. The summed E-state index contributed by atoms with van der Waals surface area (Å²) in [5, 5.41) is 3.13. The first kappa shape index (κ1) is 12.6. The van der Waals surface area contributed by atoms with Crippen molar-refractivity contribution in [2.75, 3.05) is 0 Å². The second-order valence-electron chi connectivity index (χ2n) is 6.31. The molecule has 0 saturated heterocycles. The molecule has 1 unspecified atom stereocenters. The maximum absolute atomic E-state index is 2.73. The molecule has 1 aliphatic heterocycles. The van der Waals surface area contributed by atoms with Gasteiger partial charge in [0, 0.05) is 12.1 Å². The van der Waals surface area contributed by atoms with E-state index in [1.54, 1.807) is 5.19 Å². The molecule has 2 aromatic rings. The molecule has 0 amide bonds. The van der Waals surface area contributed by atoms with Crippen molar-refractivity contribution in [2.45, 2.75) is 32.9 Å². The Morgan fingerprint density at radius 1 is 0.895 bits per heavy atom. The molecule has 0 saturated carbocycles. The van der Waals surface area contributed by atoms with E-state index in [0.29, 0.717) is 0 Å². The predicted molar refractivity (Wildman–Crippen MR) is 84.6 cm³/mol. The summed E-state index contributed by atoms with van der Waals surface area (Å²) in [6, 6.07) is 20.0. The van der Waals surface area contributed by atoms with Crippen LogP contribution in [0.25, 0.3) is 0 Å². The van der Waals surface area contributed by atoms with Gasteiger partial charge in [0.25, 0.3) is 0 Å². The minimum absolute atomic E-state index is 0.228. The van der Waals surface area contributed by atoms with Crippen LogP contribution in [0.5, 0.6) is 0 Å². The Morgan fingerprint density at radius 3 is 2.21 bits per heavy atom. The summed E-state index contributed by atoms with van der Waals surface area (Å²) in [5.41, 5.74) is 1.75. The second kappa shape index (κ2) is 4.62. The topological polar surface area (TPSA) is 3.24 Å². The van der Waals surface area contributed by atoms with Gasteiger partial charge in [-0.15, -0.1) is 0 Å². The van der Waals surface area contributed by atoms with Crippen molar-refractivity contribution in [2.24, 2.45) is 0 Å². The summed E-state index contributed by atoms with van der Waals surface area (Å²) in [4.78, 5) is 0. The van der Waals surface area contributed by atoms with Crippen LogP contribution in [0, 0.1) is 0 Å². The molecule has 1 heterocycles. The molecular weight excluding hydrogens is 246 g/mol. The molecule has 2 heteroatoms. The van der Waals surface area contributed by atoms with Crippen LogP contribution >= 0.6 is 0 Å². The largest absolute Gasteiger partial charge is 0.310 e. The number of hydrogen-bond donors (Lipinski definition) is 0. The highest BCUT2D eigenvalue weighted by molar-refractivity contribution is 6.84. The Labute approximate surface area is 117 Å². The third-order valence-electron chi connectivity index (χ3n) is 3.98. The SMILES string of the molecule is CC(C)(C)N1Cc2ccccc2[SiH]1c1ccccc1. The third kappa shape index (κ3) is 2.26. The van der Waals surface area contributed by atoms with E-state index in [-0.39, 0.29) is 5.54 Å². The van der Waals surface area contributed by atoms with Gasteiger partial charge in [-0.2, -0.15) is 0 Å². The number of fused-ring (bicyclic) bond motifs is 1. The molecule has 1 atom stereocenters. The van der Waals surface area contributed by atoms with E-state index in [2.05, 4.69) is 79.9 Å². The first-order chi connectivity index (χ1) is 9.07. The Bertz CT molecular complexity index is 571. The Hall–Kier alpha value is -1.38. The molecule has 0 N–H and O–H groups in total. The summed E-state index contributed by atoms with van der Waals surface area (Å²) in [5.74, 6) is 0. The summed E-state index contributed by atoms with van der Waals surface area (Å²) in [6.07, 6.45) is 0. The molecule has 0 spiro atoms. The monoisotopic (exact) mass is 267 g/mol. The Kier molecular flexibility index (Phi) is 3.07. The molecule has 19 heavy (non-hydrogen) atoms. The van der Waals surface area contributed by atoms with Crippen LogP contribution in [0.15, 0.2) is 54.6 Å². The minimum atomic E-state index is -1.24. The van der Waals surface area contributed by atoms with E-state index in [9.17, 15) is 0 Å². The van der Waals surface area contributed by atoms with Gasteiger partial charge in [-0.25, -0.2) is 0 Å². The van der Waals surface area contributed by atoms with Crippen molar-refractivity contribution >= 4 is 19.3 Å². The van der Waals surface area contributed by atoms with Gasteiger partial charge < -0.3 is 4.57 Å². The van der Waals surface area contributed by atoms with Crippen molar-refractivity contribution in [3.63, 3.8) is 0 Å². The molecule has 0 radical (unpaired) electrons. The zero-order chi connectivity index (χ0) is 13.5. The van der Waals surface area contributed by atoms with E-state index in [0.717, 1.165) is 6.54 Å². The van der Waals surface area contributed by atoms with E-state index in [1.807, 2.05) is 0 Å². The molecule has 0 fully saturated rings. The lowest BCUT2D eigenvalue weighted by Crippen LogP contribution is -2.57.